The van der Waals surface area contributed by atoms with Crippen LogP contribution in [0.25, 0.3) is 0 Å². The van der Waals surface area contributed by atoms with E-state index in [2.05, 4.69) is 18.9 Å². The predicted molar refractivity (Wildman–Crippen MR) is 56.8 cm³/mol. The average molecular weight is 181 g/mol. The summed E-state index contributed by atoms with van der Waals surface area (Å²) < 4.78 is 0. The van der Waals surface area contributed by atoms with E-state index in [1.807, 2.05) is 0 Å². The van der Waals surface area contributed by atoms with Crippen molar-refractivity contribution in [3.05, 3.63) is 0 Å². The van der Waals surface area contributed by atoms with Crippen LogP contribution in [0.15, 0.2) is 0 Å². The molecule has 0 amide bonds. The highest BCUT2D eigenvalue weighted by Gasteiger charge is 2.45. The Bertz CT molecular complexity index is 162. The van der Waals surface area contributed by atoms with Crippen LogP contribution in [-0.2, 0) is 0 Å². The number of rotatable bonds is 3. The number of hydrogen-bond acceptors (Lipinski definition) is 1. The van der Waals surface area contributed by atoms with Crippen LogP contribution in [0.3, 0.4) is 0 Å². The molecule has 2 fully saturated rings. The van der Waals surface area contributed by atoms with Crippen molar-refractivity contribution in [3.8, 4) is 0 Å². The van der Waals surface area contributed by atoms with Crippen molar-refractivity contribution in [2.24, 2.45) is 5.41 Å². The number of nitrogens with zero attached hydrogens (tertiary/aromatic N) is 1. The zero-order chi connectivity index (χ0) is 9.31. The minimum Gasteiger partial charge on any atom is -0.303 e. The van der Waals surface area contributed by atoms with Gasteiger partial charge in [0.2, 0.25) is 0 Å². The topological polar surface area (TPSA) is 3.24 Å². The Morgan fingerprint density at radius 3 is 2.23 bits per heavy atom. The van der Waals surface area contributed by atoms with Crippen LogP contribution in [0.4, 0.5) is 0 Å². The maximum Gasteiger partial charge on any atom is 0.00926 e. The Morgan fingerprint density at radius 1 is 1.15 bits per heavy atom. The average Bonchev–Trinajstić information content (AvgIpc) is 2.87. The lowest BCUT2D eigenvalue weighted by Crippen LogP contribution is -2.35. The fraction of sp³-hybridized carbons (Fsp3) is 1.00. The van der Waals surface area contributed by atoms with Crippen molar-refractivity contribution in [3.63, 3.8) is 0 Å². The zero-order valence-electron chi connectivity index (χ0n) is 9.18. The maximum absolute atomic E-state index is 2.58. The van der Waals surface area contributed by atoms with Gasteiger partial charge in [0.15, 0.2) is 0 Å². The lowest BCUT2D eigenvalue weighted by molar-refractivity contribution is 0.157. The summed E-state index contributed by atoms with van der Waals surface area (Å²) in [5, 5.41) is 0. The highest BCUT2D eigenvalue weighted by atomic mass is 15.1. The van der Waals surface area contributed by atoms with E-state index in [9.17, 15) is 0 Å². The molecule has 1 nitrogen and oxygen atoms in total. The Balaban J connectivity index is 1.76. The van der Waals surface area contributed by atoms with Crippen molar-refractivity contribution in [2.45, 2.75) is 57.9 Å². The van der Waals surface area contributed by atoms with Crippen LogP contribution in [0.2, 0.25) is 0 Å². The first kappa shape index (κ1) is 9.51. The normalized spacial score (nSPS) is 27.0. The molecule has 0 aromatic heterocycles. The zero-order valence-corrected chi connectivity index (χ0v) is 9.18. The standard InChI is InChI=1S/C12H23N/c1-3-10-13(2)11-4-6-12(7-5-11)8-9-12/h11H,3-10H2,1-2H3. The van der Waals surface area contributed by atoms with E-state index in [1.54, 1.807) is 0 Å². The van der Waals surface area contributed by atoms with Gasteiger partial charge in [0.25, 0.3) is 0 Å². The summed E-state index contributed by atoms with van der Waals surface area (Å²) in [5.41, 5.74) is 0.865. The van der Waals surface area contributed by atoms with Gasteiger partial charge in [-0.15, -0.1) is 0 Å². The van der Waals surface area contributed by atoms with Crippen molar-refractivity contribution >= 4 is 0 Å². The Hall–Kier alpha value is -0.0400. The van der Waals surface area contributed by atoms with Gasteiger partial charge in [0.1, 0.15) is 0 Å². The first-order valence-corrected chi connectivity index (χ1v) is 5.96. The summed E-state index contributed by atoms with van der Waals surface area (Å²) in [6, 6.07) is 0.908. The van der Waals surface area contributed by atoms with Crippen LogP contribution >= 0.6 is 0 Å². The van der Waals surface area contributed by atoms with E-state index in [-0.39, 0.29) is 0 Å². The molecule has 0 atom stereocenters. The molecule has 76 valence electrons. The van der Waals surface area contributed by atoms with E-state index in [4.69, 9.17) is 0 Å². The van der Waals surface area contributed by atoms with Gasteiger partial charge in [-0.05, 0) is 64.0 Å². The fourth-order valence-corrected chi connectivity index (χ4v) is 2.87. The highest BCUT2D eigenvalue weighted by Crippen LogP contribution is 2.56. The molecule has 13 heavy (non-hydrogen) atoms. The molecule has 2 saturated carbocycles. The van der Waals surface area contributed by atoms with Crippen molar-refractivity contribution in [1.82, 2.24) is 4.90 Å². The van der Waals surface area contributed by atoms with Gasteiger partial charge in [0.05, 0.1) is 0 Å². The molecule has 0 aromatic carbocycles. The van der Waals surface area contributed by atoms with Gasteiger partial charge in [-0.1, -0.05) is 6.92 Å². The molecular formula is C12H23N. The summed E-state index contributed by atoms with van der Waals surface area (Å²) in [5.74, 6) is 0. The maximum atomic E-state index is 2.58. The second-order valence-electron chi connectivity index (χ2n) is 5.21. The monoisotopic (exact) mass is 181 g/mol. The first-order chi connectivity index (χ1) is 6.26. The van der Waals surface area contributed by atoms with Crippen molar-refractivity contribution < 1.29 is 0 Å². The molecule has 0 saturated heterocycles. The SMILES string of the molecule is CCCN(C)C1CCC2(CC1)CC2. The summed E-state index contributed by atoms with van der Waals surface area (Å²) in [4.78, 5) is 2.58. The third kappa shape index (κ3) is 2.07. The molecular weight excluding hydrogens is 158 g/mol. The minimum absolute atomic E-state index is 0.865. The minimum atomic E-state index is 0.865. The van der Waals surface area contributed by atoms with Gasteiger partial charge in [-0.3, -0.25) is 0 Å². The molecule has 2 aliphatic rings. The second-order valence-corrected chi connectivity index (χ2v) is 5.21. The molecule has 0 radical (unpaired) electrons. The fourth-order valence-electron chi connectivity index (χ4n) is 2.87. The van der Waals surface area contributed by atoms with E-state index >= 15 is 0 Å². The van der Waals surface area contributed by atoms with Gasteiger partial charge < -0.3 is 4.90 Å². The van der Waals surface area contributed by atoms with Gasteiger partial charge in [-0.2, -0.15) is 0 Å². The van der Waals surface area contributed by atoms with Gasteiger partial charge in [0, 0.05) is 6.04 Å². The Morgan fingerprint density at radius 2 is 1.77 bits per heavy atom. The van der Waals surface area contributed by atoms with Crippen LogP contribution in [0.1, 0.15) is 51.9 Å². The molecule has 1 spiro atoms. The van der Waals surface area contributed by atoms with Crippen LogP contribution < -0.4 is 0 Å². The summed E-state index contributed by atoms with van der Waals surface area (Å²) in [6.45, 7) is 3.57. The molecule has 0 N–H and O–H groups in total. The quantitative estimate of drug-likeness (QED) is 0.647. The van der Waals surface area contributed by atoms with Crippen molar-refractivity contribution in [2.75, 3.05) is 13.6 Å². The molecule has 0 aromatic rings. The molecule has 0 unspecified atom stereocenters. The highest BCUT2D eigenvalue weighted by molar-refractivity contribution is 4.97. The lowest BCUT2D eigenvalue weighted by Gasteiger charge is -2.34. The molecule has 0 heterocycles. The van der Waals surface area contributed by atoms with Gasteiger partial charge >= 0.3 is 0 Å². The summed E-state index contributed by atoms with van der Waals surface area (Å²) in [7, 11) is 2.30. The molecule has 0 bridgehead atoms. The predicted octanol–water partition coefficient (Wildman–Crippen LogP) is 3.05. The van der Waals surface area contributed by atoms with E-state index in [0.29, 0.717) is 0 Å². The lowest BCUT2D eigenvalue weighted by atomic mass is 9.83. The third-order valence-corrected chi connectivity index (χ3v) is 4.17. The molecule has 2 aliphatic carbocycles. The first-order valence-electron chi connectivity index (χ1n) is 5.96. The number of hydrogen-bond donors (Lipinski definition) is 0. The Labute approximate surface area is 82.5 Å². The van der Waals surface area contributed by atoms with E-state index in [0.717, 1.165) is 11.5 Å². The van der Waals surface area contributed by atoms with Crippen molar-refractivity contribution in [1.29, 1.82) is 0 Å². The van der Waals surface area contributed by atoms with Crippen LogP contribution in [0, 0.1) is 5.41 Å². The Kier molecular flexibility index (Phi) is 2.64. The van der Waals surface area contributed by atoms with Crippen LogP contribution in [-0.4, -0.2) is 24.5 Å². The third-order valence-electron chi connectivity index (χ3n) is 4.17. The largest absolute Gasteiger partial charge is 0.303 e. The molecule has 2 rings (SSSR count). The molecule has 1 heteroatoms. The smallest absolute Gasteiger partial charge is 0.00926 e. The second kappa shape index (κ2) is 3.61. The summed E-state index contributed by atoms with van der Waals surface area (Å²) >= 11 is 0. The van der Waals surface area contributed by atoms with E-state index in [1.165, 1.54) is 51.5 Å². The van der Waals surface area contributed by atoms with E-state index < -0.39 is 0 Å². The van der Waals surface area contributed by atoms with Crippen LogP contribution in [0.5, 0.6) is 0 Å². The molecule has 0 aliphatic heterocycles. The summed E-state index contributed by atoms with van der Waals surface area (Å²) in [6.07, 6.45) is 10.4. The van der Waals surface area contributed by atoms with Gasteiger partial charge in [-0.25, -0.2) is 0 Å².